The number of hydrogen-bond acceptors (Lipinski definition) is 1. The summed E-state index contributed by atoms with van der Waals surface area (Å²) in [4.78, 5) is 0. The summed E-state index contributed by atoms with van der Waals surface area (Å²) < 4.78 is 0. The van der Waals surface area contributed by atoms with Crippen molar-refractivity contribution in [2.75, 3.05) is 0 Å². The van der Waals surface area contributed by atoms with Crippen LogP contribution in [-0.2, 0) is 0 Å². The van der Waals surface area contributed by atoms with Gasteiger partial charge in [-0.25, -0.2) is 0 Å². The second-order valence-corrected chi connectivity index (χ2v) is 5.35. The minimum atomic E-state index is 0.177. The van der Waals surface area contributed by atoms with Crippen LogP contribution in [0.4, 0.5) is 0 Å². The first-order chi connectivity index (χ1) is 8.75. The van der Waals surface area contributed by atoms with Crippen LogP contribution in [0, 0.1) is 12.8 Å². The lowest BCUT2D eigenvalue weighted by atomic mass is 9.99. The van der Waals surface area contributed by atoms with E-state index < -0.39 is 0 Å². The van der Waals surface area contributed by atoms with Gasteiger partial charge in [0.15, 0.2) is 0 Å². The van der Waals surface area contributed by atoms with Crippen LogP contribution in [0.5, 0.6) is 0 Å². The molecule has 3 atom stereocenters. The van der Waals surface area contributed by atoms with Crippen LogP contribution >= 0.6 is 0 Å². The minimum Gasteiger partial charge on any atom is -0.324 e. The van der Waals surface area contributed by atoms with Crippen LogP contribution in [0.2, 0.25) is 0 Å². The standard InChI is InChI=1S/C17H19N/c1-12-7-9-14(10-8-12)17(18)16-11-15(16)13-5-3-2-4-6-13/h2-10,15-17H,11,18H2,1H3. The second kappa shape index (κ2) is 4.58. The molecule has 1 fully saturated rings. The Hall–Kier alpha value is -1.60. The van der Waals surface area contributed by atoms with Gasteiger partial charge in [-0.1, -0.05) is 60.2 Å². The highest BCUT2D eigenvalue weighted by atomic mass is 14.7. The summed E-state index contributed by atoms with van der Waals surface area (Å²) in [5.41, 5.74) is 10.4. The zero-order valence-corrected chi connectivity index (χ0v) is 10.7. The number of benzene rings is 2. The van der Waals surface area contributed by atoms with Crippen molar-refractivity contribution in [2.24, 2.45) is 11.7 Å². The summed E-state index contributed by atoms with van der Waals surface area (Å²) in [5, 5.41) is 0. The molecule has 18 heavy (non-hydrogen) atoms. The first-order valence-corrected chi connectivity index (χ1v) is 6.63. The fourth-order valence-electron chi connectivity index (χ4n) is 2.73. The molecule has 1 saturated carbocycles. The van der Waals surface area contributed by atoms with Crippen LogP contribution in [0.15, 0.2) is 54.6 Å². The van der Waals surface area contributed by atoms with Crippen molar-refractivity contribution >= 4 is 0 Å². The molecule has 2 aromatic rings. The zero-order valence-electron chi connectivity index (χ0n) is 10.7. The average Bonchev–Trinajstić information content (AvgIpc) is 3.20. The molecule has 1 aliphatic rings. The SMILES string of the molecule is Cc1ccc(C(N)C2CC2c2ccccc2)cc1. The molecule has 0 heterocycles. The van der Waals surface area contributed by atoms with E-state index in [0.29, 0.717) is 11.8 Å². The van der Waals surface area contributed by atoms with E-state index in [1.54, 1.807) is 0 Å². The summed E-state index contributed by atoms with van der Waals surface area (Å²) in [6.07, 6.45) is 1.22. The Morgan fingerprint density at radius 1 is 1.00 bits per heavy atom. The Morgan fingerprint density at radius 3 is 2.33 bits per heavy atom. The lowest BCUT2D eigenvalue weighted by Crippen LogP contribution is -2.13. The van der Waals surface area contributed by atoms with Gasteiger partial charge >= 0.3 is 0 Å². The second-order valence-electron chi connectivity index (χ2n) is 5.35. The maximum Gasteiger partial charge on any atom is 0.0329 e. The zero-order chi connectivity index (χ0) is 12.5. The summed E-state index contributed by atoms with van der Waals surface area (Å²) >= 11 is 0. The highest BCUT2D eigenvalue weighted by molar-refractivity contribution is 5.31. The van der Waals surface area contributed by atoms with E-state index in [-0.39, 0.29) is 6.04 Å². The van der Waals surface area contributed by atoms with Gasteiger partial charge in [-0.3, -0.25) is 0 Å². The topological polar surface area (TPSA) is 26.0 Å². The van der Waals surface area contributed by atoms with E-state index in [1.807, 2.05) is 0 Å². The van der Waals surface area contributed by atoms with Crippen molar-refractivity contribution in [1.29, 1.82) is 0 Å². The number of hydrogen-bond donors (Lipinski definition) is 1. The Bertz CT molecular complexity index is 515. The molecule has 0 aliphatic heterocycles. The van der Waals surface area contributed by atoms with Crippen LogP contribution in [-0.4, -0.2) is 0 Å². The molecule has 3 unspecified atom stereocenters. The first kappa shape index (κ1) is 11.5. The molecule has 2 aromatic carbocycles. The molecule has 2 N–H and O–H groups in total. The van der Waals surface area contributed by atoms with Crippen molar-refractivity contribution in [1.82, 2.24) is 0 Å². The maximum atomic E-state index is 6.38. The first-order valence-electron chi connectivity index (χ1n) is 6.63. The predicted molar refractivity (Wildman–Crippen MR) is 75.4 cm³/mol. The third kappa shape index (κ3) is 2.19. The monoisotopic (exact) mass is 237 g/mol. The van der Waals surface area contributed by atoms with Crippen molar-refractivity contribution in [3.05, 3.63) is 71.3 Å². The van der Waals surface area contributed by atoms with Crippen molar-refractivity contribution in [3.63, 3.8) is 0 Å². The van der Waals surface area contributed by atoms with Crippen LogP contribution in [0.1, 0.15) is 35.1 Å². The van der Waals surface area contributed by atoms with Gasteiger partial charge in [0.05, 0.1) is 0 Å². The van der Waals surface area contributed by atoms with E-state index in [4.69, 9.17) is 5.73 Å². The van der Waals surface area contributed by atoms with Crippen molar-refractivity contribution in [3.8, 4) is 0 Å². The molecule has 1 heteroatoms. The molecule has 0 bridgehead atoms. The lowest BCUT2D eigenvalue weighted by molar-refractivity contribution is 0.615. The Labute approximate surface area is 109 Å². The van der Waals surface area contributed by atoms with Gasteiger partial charge in [-0.05, 0) is 36.3 Å². The van der Waals surface area contributed by atoms with Gasteiger partial charge in [0, 0.05) is 6.04 Å². The Kier molecular flexibility index (Phi) is 2.92. The number of nitrogens with two attached hydrogens (primary N) is 1. The van der Waals surface area contributed by atoms with E-state index in [0.717, 1.165) is 0 Å². The summed E-state index contributed by atoms with van der Waals surface area (Å²) in [6.45, 7) is 2.11. The number of aryl methyl sites for hydroxylation is 1. The highest BCUT2D eigenvalue weighted by Gasteiger charge is 2.42. The third-order valence-corrected chi connectivity index (χ3v) is 3.99. The molecule has 1 aliphatic carbocycles. The van der Waals surface area contributed by atoms with Crippen LogP contribution in [0.25, 0.3) is 0 Å². The van der Waals surface area contributed by atoms with Gasteiger partial charge < -0.3 is 5.73 Å². The lowest BCUT2D eigenvalue weighted by Gasteiger charge is -2.12. The van der Waals surface area contributed by atoms with E-state index in [1.165, 1.54) is 23.1 Å². The van der Waals surface area contributed by atoms with Gasteiger partial charge in [0.1, 0.15) is 0 Å². The fraction of sp³-hybridized carbons (Fsp3) is 0.294. The Morgan fingerprint density at radius 2 is 1.67 bits per heavy atom. The predicted octanol–water partition coefficient (Wildman–Crippen LogP) is 3.80. The molecule has 0 aromatic heterocycles. The summed E-state index contributed by atoms with van der Waals surface area (Å²) in [6, 6.07) is 19.5. The fourth-order valence-corrected chi connectivity index (χ4v) is 2.73. The van der Waals surface area contributed by atoms with Gasteiger partial charge in [0.2, 0.25) is 0 Å². The number of rotatable bonds is 3. The molecule has 0 radical (unpaired) electrons. The van der Waals surface area contributed by atoms with Crippen molar-refractivity contribution in [2.45, 2.75) is 25.3 Å². The van der Waals surface area contributed by atoms with Gasteiger partial charge in [-0.2, -0.15) is 0 Å². The third-order valence-electron chi connectivity index (χ3n) is 3.99. The Balaban J connectivity index is 1.73. The average molecular weight is 237 g/mol. The van der Waals surface area contributed by atoms with Gasteiger partial charge in [-0.15, -0.1) is 0 Å². The normalized spacial score (nSPS) is 23.7. The molecular formula is C17H19N. The van der Waals surface area contributed by atoms with E-state index in [2.05, 4.69) is 61.5 Å². The molecule has 3 rings (SSSR count). The molecule has 0 spiro atoms. The quantitative estimate of drug-likeness (QED) is 0.863. The summed E-state index contributed by atoms with van der Waals surface area (Å²) in [5.74, 6) is 1.26. The molecule has 92 valence electrons. The van der Waals surface area contributed by atoms with Crippen LogP contribution < -0.4 is 5.73 Å². The van der Waals surface area contributed by atoms with E-state index >= 15 is 0 Å². The smallest absolute Gasteiger partial charge is 0.0329 e. The van der Waals surface area contributed by atoms with Crippen molar-refractivity contribution < 1.29 is 0 Å². The molecule has 0 amide bonds. The molecule has 1 nitrogen and oxygen atoms in total. The van der Waals surface area contributed by atoms with E-state index in [9.17, 15) is 0 Å². The maximum absolute atomic E-state index is 6.38. The van der Waals surface area contributed by atoms with Gasteiger partial charge in [0.25, 0.3) is 0 Å². The van der Waals surface area contributed by atoms with Crippen LogP contribution in [0.3, 0.4) is 0 Å². The molecular weight excluding hydrogens is 218 g/mol. The molecule has 0 saturated heterocycles. The highest BCUT2D eigenvalue weighted by Crippen LogP contribution is 2.53. The minimum absolute atomic E-state index is 0.177. The summed E-state index contributed by atoms with van der Waals surface area (Å²) in [7, 11) is 0. The largest absolute Gasteiger partial charge is 0.324 e.